The van der Waals surface area contributed by atoms with Crippen LogP contribution in [0.2, 0.25) is 0 Å². The van der Waals surface area contributed by atoms with Gasteiger partial charge in [-0.3, -0.25) is 14.3 Å². The van der Waals surface area contributed by atoms with Crippen LogP contribution in [0.15, 0.2) is 24.4 Å². The van der Waals surface area contributed by atoms with Crippen molar-refractivity contribution in [3.05, 3.63) is 47.0 Å². The molecule has 6 nitrogen and oxygen atoms in total. The topological polar surface area (TPSA) is 84.2 Å². The lowest BCUT2D eigenvalue weighted by atomic mass is 10.1. The van der Waals surface area contributed by atoms with E-state index in [-0.39, 0.29) is 17.5 Å². The Labute approximate surface area is 151 Å². The Bertz CT molecular complexity index is 843. The van der Waals surface area contributed by atoms with Crippen molar-refractivity contribution in [1.82, 2.24) is 9.78 Å². The summed E-state index contributed by atoms with van der Waals surface area (Å²) < 4.78 is 15.9. The summed E-state index contributed by atoms with van der Waals surface area (Å²) in [7, 11) is 0. The minimum Gasteiger partial charge on any atom is -0.481 e. The first-order chi connectivity index (χ1) is 12.4. The lowest BCUT2D eigenvalue weighted by molar-refractivity contribution is -0.136. The number of nitrogens with one attached hydrogen (secondary N) is 1. The molecule has 7 heteroatoms. The van der Waals surface area contributed by atoms with Crippen molar-refractivity contribution in [3.63, 3.8) is 0 Å². The third-order valence-electron chi connectivity index (χ3n) is 4.70. The molecule has 1 atom stereocenters. The molecule has 26 heavy (non-hydrogen) atoms. The molecular weight excluding hydrogens is 337 g/mol. The second kappa shape index (κ2) is 7.27. The smallest absolute Gasteiger partial charge is 0.307 e. The zero-order valence-electron chi connectivity index (χ0n) is 14.8. The predicted octanol–water partition coefficient (Wildman–Crippen LogP) is 3.75. The number of hydrogen-bond acceptors (Lipinski definition) is 3. The van der Waals surface area contributed by atoms with Crippen LogP contribution in [0.4, 0.5) is 10.1 Å². The van der Waals surface area contributed by atoms with Gasteiger partial charge in [-0.1, -0.05) is 13.0 Å². The van der Waals surface area contributed by atoms with Gasteiger partial charge in [0.15, 0.2) is 0 Å². The van der Waals surface area contributed by atoms with Crippen molar-refractivity contribution in [2.24, 2.45) is 0 Å². The summed E-state index contributed by atoms with van der Waals surface area (Å²) in [5.41, 5.74) is 1.83. The van der Waals surface area contributed by atoms with Gasteiger partial charge in [-0.25, -0.2) is 4.39 Å². The number of aliphatic carboxylic acids is 1. The highest BCUT2D eigenvalue weighted by Crippen LogP contribution is 2.42. The predicted molar refractivity (Wildman–Crippen MR) is 94.9 cm³/mol. The van der Waals surface area contributed by atoms with Gasteiger partial charge in [-0.15, -0.1) is 0 Å². The third-order valence-corrected chi connectivity index (χ3v) is 4.70. The summed E-state index contributed by atoms with van der Waals surface area (Å²) in [4.78, 5) is 23.4. The molecule has 1 unspecified atom stereocenters. The molecule has 1 saturated carbocycles. The van der Waals surface area contributed by atoms with E-state index in [1.54, 1.807) is 6.20 Å². The molecule has 0 radical (unpaired) electrons. The maximum atomic E-state index is 14.0. The van der Waals surface area contributed by atoms with Gasteiger partial charge in [0, 0.05) is 17.6 Å². The molecule has 2 N–H and O–H groups in total. The fraction of sp³-hybridized carbons (Fsp3) is 0.421. The first kappa shape index (κ1) is 18.1. The Balaban J connectivity index is 1.81. The van der Waals surface area contributed by atoms with Crippen LogP contribution in [0, 0.1) is 5.82 Å². The molecule has 1 fully saturated rings. The number of anilines is 1. The van der Waals surface area contributed by atoms with Crippen LogP contribution in [0.3, 0.4) is 0 Å². The molecule has 1 aromatic heterocycles. The number of carboxylic acids is 1. The average molecular weight is 359 g/mol. The number of amides is 1. The Morgan fingerprint density at radius 2 is 2.15 bits per heavy atom. The monoisotopic (exact) mass is 359 g/mol. The van der Waals surface area contributed by atoms with E-state index in [2.05, 4.69) is 24.3 Å². The van der Waals surface area contributed by atoms with Crippen LogP contribution >= 0.6 is 0 Å². The van der Waals surface area contributed by atoms with Crippen LogP contribution in [0.1, 0.15) is 66.7 Å². The quantitative estimate of drug-likeness (QED) is 0.788. The van der Waals surface area contributed by atoms with E-state index in [9.17, 15) is 14.0 Å². The molecule has 1 heterocycles. The van der Waals surface area contributed by atoms with Gasteiger partial charge in [-0.05, 0) is 43.9 Å². The molecule has 0 spiro atoms. The Morgan fingerprint density at radius 1 is 1.42 bits per heavy atom. The molecule has 138 valence electrons. The fourth-order valence-electron chi connectivity index (χ4n) is 2.96. The van der Waals surface area contributed by atoms with E-state index < -0.39 is 18.2 Å². The average Bonchev–Trinajstić information content (AvgIpc) is 3.34. The summed E-state index contributed by atoms with van der Waals surface area (Å²) >= 11 is 0. The van der Waals surface area contributed by atoms with Crippen molar-refractivity contribution >= 4 is 17.6 Å². The van der Waals surface area contributed by atoms with Crippen molar-refractivity contribution in [1.29, 1.82) is 0 Å². The fourth-order valence-corrected chi connectivity index (χ4v) is 2.96. The van der Waals surface area contributed by atoms with E-state index >= 15 is 0 Å². The van der Waals surface area contributed by atoms with E-state index in [1.807, 2.05) is 4.68 Å². The zero-order valence-corrected chi connectivity index (χ0v) is 14.8. The molecule has 2 aromatic rings. The second-order valence-corrected chi connectivity index (χ2v) is 6.75. The number of carbonyl (C=O) groups is 2. The summed E-state index contributed by atoms with van der Waals surface area (Å²) in [6.07, 6.45) is 4.18. The van der Waals surface area contributed by atoms with Crippen molar-refractivity contribution in [2.75, 3.05) is 5.32 Å². The van der Waals surface area contributed by atoms with Crippen molar-refractivity contribution in [3.8, 4) is 0 Å². The number of hydrogen-bond donors (Lipinski definition) is 2. The number of rotatable bonds is 7. The molecule has 0 aliphatic heterocycles. The highest BCUT2D eigenvalue weighted by Gasteiger charge is 2.33. The van der Waals surface area contributed by atoms with Gasteiger partial charge in [-0.2, -0.15) is 5.10 Å². The van der Waals surface area contributed by atoms with Crippen LogP contribution in [0.25, 0.3) is 0 Å². The van der Waals surface area contributed by atoms with Gasteiger partial charge in [0.1, 0.15) is 5.82 Å². The zero-order chi connectivity index (χ0) is 18.8. The first-order valence-electron chi connectivity index (χ1n) is 8.79. The van der Waals surface area contributed by atoms with Crippen molar-refractivity contribution < 1.29 is 19.1 Å². The lowest BCUT2D eigenvalue weighted by Gasteiger charge is -2.14. The lowest BCUT2D eigenvalue weighted by Crippen LogP contribution is -2.16. The summed E-state index contributed by atoms with van der Waals surface area (Å²) in [5.74, 6) is -1.73. The Morgan fingerprint density at radius 3 is 2.73 bits per heavy atom. The minimum absolute atomic E-state index is 0.0822. The van der Waals surface area contributed by atoms with E-state index in [0.29, 0.717) is 17.2 Å². The van der Waals surface area contributed by atoms with Crippen LogP contribution in [0.5, 0.6) is 0 Å². The van der Waals surface area contributed by atoms with Crippen LogP contribution < -0.4 is 5.32 Å². The van der Waals surface area contributed by atoms with Gasteiger partial charge in [0.05, 0.1) is 23.9 Å². The summed E-state index contributed by atoms with van der Waals surface area (Å²) in [6.45, 7) is 4.14. The molecular formula is C19H22FN3O3. The molecule has 1 aliphatic rings. The maximum Gasteiger partial charge on any atom is 0.307 e. The molecule has 3 rings (SSSR count). The molecule has 1 amide bonds. The summed E-state index contributed by atoms with van der Waals surface area (Å²) in [6, 6.07) is 4.24. The third kappa shape index (κ3) is 3.76. The van der Waals surface area contributed by atoms with Crippen LogP contribution in [-0.2, 0) is 11.2 Å². The van der Waals surface area contributed by atoms with E-state index in [1.165, 1.54) is 12.1 Å². The molecule has 0 bridgehead atoms. The number of aromatic nitrogens is 2. The minimum atomic E-state index is -1.10. The van der Waals surface area contributed by atoms with Gasteiger partial charge in [0.2, 0.25) is 0 Å². The highest BCUT2D eigenvalue weighted by atomic mass is 19.1. The van der Waals surface area contributed by atoms with Gasteiger partial charge in [0.25, 0.3) is 5.91 Å². The first-order valence-corrected chi connectivity index (χ1v) is 8.79. The van der Waals surface area contributed by atoms with Gasteiger partial charge < -0.3 is 10.4 Å². The molecule has 1 aliphatic carbocycles. The number of benzene rings is 1. The highest BCUT2D eigenvalue weighted by molar-refractivity contribution is 6.05. The van der Waals surface area contributed by atoms with Crippen LogP contribution in [-0.4, -0.2) is 26.8 Å². The summed E-state index contributed by atoms with van der Waals surface area (Å²) in [5, 5.41) is 15.8. The van der Waals surface area contributed by atoms with E-state index in [0.717, 1.165) is 31.0 Å². The number of halogens is 1. The Kier molecular flexibility index (Phi) is 5.06. The standard InChI is InChI=1S/C19H22FN3O3/c1-3-11(2)23-18(12-4-5-12)15(10-21-23)19(26)22-14-7-6-13(8-17(24)25)16(20)9-14/h6-7,9-12H,3-5,8H2,1-2H3,(H,22,26)(H,24,25). The van der Waals surface area contributed by atoms with Gasteiger partial charge >= 0.3 is 5.97 Å². The largest absolute Gasteiger partial charge is 0.481 e. The number of carbonyl (C=O) groups excluding carboxylic acids is 1. The number of carboxylic acid groups (broad SMARTS) is 1. The SMILES string of the molecule is CCC(C)n1ncc(C(=O)Nc2ccc(CC(=O)O)c(F)c2)c1C1CC1. The molecule has 0 saturated heterocycles. The normalized spacial score (nSPS) is 14.9. The molecule has 1 aromatic carbocycles. The number of nitrogens with zero attached hydrogens (tertiary/aromatic N) is 2. The second-order valence-electron chi connectivity index (χ2n) is 6.75. The maximum absolute atomic E-state index is 14.0. The Hall–Kier alpha value is -2.70. The van der Waals surface area contributed by atoms with E-state index in [4.69, 9.17) is 5.11 Å². The van der Waals surface area contributed by atoms with Crippen molar-refractivity contribution in [2.45, 2.75) is 51.5 Å².